The molecule has 6 heteroatoms. The van der Waals surface area contributed by atoms with Crippen LogP contribution in [0.5, 0.6) is 0 Å². The molecular weight excluding hydrogens is 260 g/mol. The average molecular weight is 270 g/mol. The van der Waals surface area contributed by atoms with Crippen LogP contribution in [0.25, 0.3) is 6.08 Å². The van der Waals surface area contributed by atoms with Gasteiger partial charge in [-0.1, -0.05) is 24.3 Å². The van der Waals surface area contributed by atoms with E-state index in [1.54, 1.807) is 36.4 Å². The van der Waals surface area contributed by atoms with Crippen molar-refractivity contribution in [2.75, 3.05) is 0 Å². The lowest BCUT2D eigenvalue weighted by molar-refractivity contribution is -0.384. The number of nitrogens with zero attached hydrogens (tertiary/aromatic N) is 2. The molecule has 0 aliphatic heterocycles. The number of allylic oxidation sites excluding steroid dienone is 4. The number of benzene rings is 1. The zero-order valence-corrected chi connectivity index (χ0v) is 10.3. The van der Waals surface area contributed by atoms with Crippen LogP contribution in [0.2, 0.25) is 0 Å². The molecule has 0 aliphatic rings. The first-order valence-electron chi connectivity index (χ1n) is 5.47. The van der Waals surface area contributed by atoms with Gasteiger partial charge >= 0.3 is 5.97 Å². The molecule has 1 rings (SSSR count). The predicted octanol–water partition coefficient (Wildman–Crippen LogP) is 2.70. The maximum atomic E-state index is 10.5. The molecule has 100 valence electrons. The van der Waals surface area contributed by atoms with E-state index in [9.17, 15) is 14.9 Å². The first-order valence-corrected chi connectivity index (χ1v) is 5.47. The number of rotatable bonds is 5. The smallest absolute Gasteiger partial charge is 0.346 e. The molecule has 0 heterocycles. The summed E-state index contributed by atoms with van der Waals surface area (Å²) < 4.78 is 0. The molecule has 1 N–H and O–H groups in total. The highest BCUT2D eigenvalue weighted by Gasteiger charge is 2.02. The predicted molar refractivity (Wildman–Crippen MR) is 72.6 cm³/mol. The van der Waals surface area contributed by atoms with Gasteiger partial charge in [-0.05, 0) is 23.8 Å². The van der Waals surface area contributed by atoms with Crippen LogP contribution < -0.4 is 0 Å². The number of carboxylic acid groups (broad SMARTS) is 1. The van der Waals surface area contributed by atoms with E-state index in [4.69, 9.17) is 10.4 Å². The fraction of sp³-hybridized carbons (Fsp3) is 0. The number of non-ortho nitro benzene ring substituents is 1. The van der Waals surface area contributed by atoms with E-state index >= 15 is 0 Å². The highest BCUT2D eigenvalue weighted by atomic mass is 16.6. The molecule has 0 amide bonds. The molecule has 0 radical (unpaired) electrons. The van der Waals surface area contributed by atoms with Gasteiger partial charge in [0.25, 0.3) is 5.69 Å². The molecular formula is C14H10N2O4. The lowest BCUT2D eigenvalue weighted by Gasteiger charge is -1.92. The van der Waals surface area contributed by atoms with E-state index in [1.807, 2.05) is 0 Å². The summed E-state index contributed by atoms with van der Waals surface area (Å²) in [5.74, 6) is -1.28. The molecule has 0 unspecified atom stereocenters. The van der Waals surface area contributed by atoms with Crippen molar-refractivity contribution < 1.29 is 14.8 Å². The van der Waals surface area contributed by atoms with Crippen LogP contribution in [-0.4, -0.2) is 16.0 Å². The van der Waals surface area contributed by atoms with E-state index in [0.29, 0.717) is 0 Å². The Balaban J connectivity index is 2.68. The third kappa shape index (κ3) is 4.58. The normalized spacial score (nSPS) is 11.7. The second-order valence-electron chi connectivity index (χ2n) is 3.59. The Morgan fingerprint density at radius 2 is 1.90 bits per heavy atom. The number of nitro benzene ring substituents is 1. The van der Waals surface area contributed by atoms with Crippen LogP contribution >= 0.6 is 0 Å². The maximum Gasteiger partial charge on any atom is 0.346 e. The number of nitro groups is 1. The van der Waals surface area contributed by atoms with Crippen LogP contribution in [0.3, 0.4) is 0 Å². The quantitative estimate of drug-likeness (QED) is 0.291. The zero-order valence-electron chi connectivity index (χ0n) is 10.3. The van der Waals surface area contributed by atoms with Crippen LogP contribution in [0.4, 0.5) is 5.69 Å². The summed E-state index contributed by atoms with van der Waals surface area (Å²) in [5, 5.41) is 27.5. The number of nitriles is 1. The maximum absolute atomic E-state index is 10.5. The van der Waals surface area contributed by atoms with Gasteiger partial charge in [-0.15, -0.1) is 0 Å². The zero-order chi connectivity index (χ0) is 15.0. The Labute approximate surface area is 114 Å². The van der Waals surface area contributed by atoms with Gasteiger partial charge in [-0.25, -0.2) is 4.79 Å². The third-order valence-electron chi connectivity index (χ3n) is 2.23. The molecule has 0 aliphatic carbocycles. The van der Waals surface area contributed by atoms with Crippen molar-refractivity contribution in [1.29, 1.82) is 5.26 Å². The van der Waals surface area contributed by atoms with Gasteiger partial charge in [-0.3, -0.25) is 10.1 Å². The lowest BCUT2D eigenvalue weighted by atomic mass is 10.2. The molecule has 0 saturated carbocycles. The highest BCUT2D eigenvalue weighted by molar-refractivity contribution is 5.91. The van der Waals surface area contributed by atoms with Gasteiger partial charge in [0.05, 0.1) is 4.92 Å². The number of carbonyl (C=O) groups is 1. The Bertz CT molecular complexity index is 634. The summed E-state index contributed by atoms with van der Waals surface area (Å²) in [4.78, 5) is 20.5. The van der Waals surface area contributed by atoms with Crippen molar-refractivity contribution in [2.24, 2.45) is 0 Å². The van der Waals surface area contributed by atoms with E-state index in [0.717, 1.165) is 5.56 Å². The Morgan fingerprint density at radius 3 is 2.40 bits per heavy atom. The van der Waals surface area contributed by atoms with Gasteiger partial charge in [0.15, 0.2) is 0 Å². The molecule has 0 bridgehead atoms. The first kappa shape index (κ1) is 14.9. The Hall–Kier alpha value is -3.20. The summed E-state index contributed by atoms with van der Waals surface area (Å²) in [5.41, 5.74) is 0.425. The second-order valence-corrected chi connectivity index (χ2v) is 3.59. The van der Waals surface area contributed by atoms with Crippen LogP contribution in [0, 0.1) is 21.4 Å². The monoisotopic (exact) mass is 270 g/mol. The molecule has 1 aromatic rings. The van der Waals surface area contributed by atoms with Crippen molar-refractivity contribution in [2.45, 2.75) is 0 Å². The molecule has 0 spiro atoms. The van der Waals surface area contributed by atoms with Crippen molar-refractivity contribution in [1.82, 2.24) is 0 Å². The van der Waals surface area contributed by atoms with Crippen LogP contribution in [0.15, 0.2) is 54.1 Å². The summed E-state index contributed by atoms with van der Waals surface area (Å²) in [6.07, 6.45) is 7.49. The SMILES string of the molecule is N#CC(=CC=CC=Cc1ccc([N+](=O)[O-])cc1)C(=O)O. The fourth-order valence-electron chi connectivity index (χ4n) is 1.25. The minimum atomic E-state index is -1.28. The third-order valence-corrected chi connectivity index (χ3v) is 2.23. The Kier molecular flexibility index (Phi) is 5.41. The van der Waals surface area contributed by atoms with Crippen molar-refractivity contribution >= 4 is 17.7 Å². The standard InChI is InChI=1S/C14H10N2O4/c15-10-12(14(17)18)5-3-1-2-4-11-6-8-13(9-7-11)16(19)20/h1-9H,(H,17,18). The molecule has 6 nitrogen and oxygen atoms in total. The molecule has 0 saturated heterocycles. The van der Waals surface area contributed by atoms with Gasteiger partial charge in [-0.2, -0.15) is 5.26 Å². The summed E-state index contributed by atoms with van der Waals surface area (Å²) in [6.45, 7) is 0. The van der Waals surface area contributed by atoms with Crippen LogP contribution in [-0.2, 0) is 4.79 Å². The van der Waals surface area contributed by atoms with Gasteiger partial charge in [0.1, 0.15) is 11.6 Å². The van der Waals surface area contributed by atoms with E-state index in [2.05, 4.69) is 0 Å². The highest BCUT2D eigenvalue weighted by Crippen LogP contribution is 2.12. The fourth-order valence-corrected chi connectivity index (χ4v) is 1.25. The minimum absolute atomic E-state index is 0.0146. The van der Waals surface area contributed by atoms with E-state index < -0.39 is 10.9 Å². The molecule has 0 atom stereocenters. The minimum Gasteiger partial charge on any atom is -0.477 e. The van der Waals surface area contributed by atoms with Crippen molar-refractivity contribution in [3.63, 3.8) is 0 Å². The van der Waals surface area contributed by atoms with E-state index in [-0.39, 0.29) is 11.3 Å². The number of hydrogen-bond donors (Lipinski definition) is 1. The van der Waals surface area contributed by atoms with Gasteiger partial charge in [0.2, 0.25) is 0 Å². The second kappa shape index (κ2) is 7.28. The first-order chi connectivity index (χ1) is 9.54. The number of hydrogen-bond acceptors (Lipinski definition) is 4. The van der Waals surface area contributed by atoms with Gasteiger partial charge < -0.3 is 5.11 Å². The largest absolute Gasteiger partial charge is 0.477 e. The van der Waals surface area contributed by atoms with Crippen molar-refractivity contribution in [3.05, 3.63) is 69.8 Å². The summed E-state index contributed by atoms with van der Waals surface area (Å²) >= 11 is 0. The average Bonchev–Trinajstić information content (AvgIpc) is 2.42. The van der Waals surface area contributed by atoms with E-state index in [1.165, 1.54) is 24.3 Å². The molecule has 1 aromatic carbocycles. The molecule has 0 aromatic heterocycles. The van der Waals surface area contributed by atoms with Gasteiger partial charge in [0, 0.05) is 12.1 Å². The molecule has 0 fully saturated rings. The lowest BCUT2D eigenvalue weighted by Crippen LogP contribution is -1.96. The topological polar surface area (TPSA) is 104 Å². The van der Waals surface area contributed by atoms with Crippen molar-refractivity contribution in [3.8, 4) is 6.07 Å². The summed E-state index contributed by atoms with van der Waals surface area (Å²) in [7, 11) is 0. The summed E-state index contributed by atoms with van der Waals surface area (Å²) in [6, 6.07) is 7.52. The number of carboxylic acids is 1. The number of aliphatic carboxylic acids is 1. The Morgan fingerprint density at radius 1 is 1.25 bits per heavy atom. The molecule has 20 heavy (non-hydrogen) atoms. The van der Waals surface area contributed by atoms with Crippen LogP contribution in [0.1, 0.15) is 5.56 Å².